The second-order valence-corrected chi connectivity index (χ2v) is 2.52. The van der Waals surface area contributed by atoms with Crippen LogP contribution in [0, 0.1) is 0 Å². The first-order valence-electron chi connectivity index (χ1n) is 3.23. The highest BCUT2D eigenvalue weighted by molar-refractivity contribution is 7.81. The Morgan fingerprint density at radius 1 is 1.36 bits per heavy atom. The molecule has 0 bridgehead atoms. The van der Waals surface area contributed by atoms with E-state index in [2.05, 4.69) is 12.6 Å². The molecule has 0 aliphatic carbocycles. The molecule has 0 aliphatic rings. The van der Waals surface area contributed by atoms with Gasteiger partial charge in [0.2, 0.25) is 0 Å². The fourth-order valence-corrected chi connectivity index (χ4v) is 0.943. The summed E-state index contributed by atoms with van der Waals surface area (Å²) in [7, 11) is 0. The number of thiol groups is 1. The molecule has 11 heavy (non-hydrogen) atoms. The maximum absolute atomic E-state index is 11.0. The highest BCUT2D eigenvalue weighted by Gasteiger charge is 2.00. The zero-order valence-corrected chi connectivity index (χ0v) is 6.84. The number of hydrogen-bond donors (Lipinski definition) is 2. The van der Waals surface area contributed by atoms with Gasteiger partial charge in [-0.05, 0) is 24.3 Å². The molecule has 0 spiro atoms. The van der Waals surface area contributed by atoms with Crippen LogP contribution in [0.2, 0.25) is 0 Å². The molecule has 0 aromatic heterocycles. The minimum Gasteiger partial charge on any atom is -0.399 e. The van der Waals surface area contributed by atoms with E-state index in [0.29, 0.717) is 11.3 Å². The standard InChI is InChI=1S/C8H9NOS/c9-7-3-1-6(2-4-7)8(10)5-11/h1-4,11H,5,9H2. The summed E-state index contributed by atoms with van der Waals surface area (Å²) < 4.78 is 0. The van der Waals surface area contributed by atoms with Crippen molar-refractivity contribution in [3.05, 3.63) is 29.8 Å². The SMILES string of the molecule is Nc1ccc(C(=O)CS)cc1. The van der Waals surface area contributed by atoms with E-state index in [1.807, 2.05) is 0 Å². The first kappa shape index (κ1) is 8.14. The molecule has 0 saturated heterocycles. The zero-order valence-electron chi connectivity index (χ0n) is 5.95. The molecule has 0 heterocycles. The second kappa shape index (κ2) is 3.44. The van der Waals surface area contributed by atoms with Crippen molar-refractivity contribution >= 4 is 24.1 Å². The predicted molar refractivity (Wildman–Crippen MR) is 49.0 cm³/mol. The largest absolute Gasteiger partial charge is 0.399 e. The van der Waals surface area contributed by atoms with Gasteiger partial charge in [-0.1, -0.05) is 0 Å². The van der Waals surface area contributed by atoms with Crippen molar-refractivity contribution < 1.29 is 4.79 Å². The smallest absolute Gasteiger partial charge is 0.172 e. The molecule has 0 fully saturated rings. The minimum atomic E-state index is 0.0216. The van der Waals surface area contributed by atoms with Crippen LogP contribution in [-0.2, 0) is 0 Å². The van der Waals surface area contributed by atoms with Crippen LogP contribution >= 0.6 is 12.6 Å². The van der Waals surface area contributed by atoms with Crippen molar-refractivity contribution in [1.29, 1.82) is 0 Å². The second-order valence-electron chi connectivity index (χ2n) is 2.20. The fourth-order valence-electron chi connectivity index (χ4n) is 0.760. The molecule has 0 unspecified atom stereocenters. The lowest BCUT2D eigenvalue weighted by molar-refractivity contribution is 0.102. The molecule has 1 aromatic carbocycles. The Labute approximate surface area is 70.8 Å². The van der Waals surface area contributed by atoms with Crippen LogP contribution in [0.25, 0.3) is 0 Å². The summed E-state index contributed by atoms with van der Waals surface area (Å²) in [5, 5.41) is 0. The molecule has 2 nitrogen and oxygen atoms in total. The van der Waals surface area contributed by atoms with Crippen LogP contribution in [0.4, 0.5) is 5.69 Å². The number of anilines is 1. The topological polar surface area (TPSA) is 43.1 Å². The summed E-state index contributed by atoms with van der Waals surface area (Å²) in [6, 6.07) is 6.81. The Morgan fingerprint density at radius 3 is 2.36 bits per heavy atom. The van der Waals surface area contributed by atoms with Gasteiger partial charge in [-0.25, -0.2) is 0 Å². The monoisotopic (exact) mass is 167 g/mol. The number of hydrogen-bond acceptors (Lipinski definition) is 3. The number of carbonyl (C=O) groups excluding carboxylic acids is 1. The van der Waals surface area contributed by atoms with E-state index < -0.39 is 0 Å². The van der Waals surface area contributed by atoms with Gasteiger partial charge in [-0.15, -0.1) is 0 Å². The molecule has 0 aliphatic heterocycles. The Morgan fingerprint density at radius 2 is 1.91 bits per heavy atom. The third kappa shape index (κ3) is 1.98. The van der Waals surface area contributed by atoms with Crippen LogP contribution < -0.4 is 5.73 Å². The Balaban J connectivity index is 2.90. The lowest BCUT2D eigenvalue weighted by atomic mass is 10.1. The zero-order chi connectivity index (χ0) is 8.27. The Bertz CT molecular complexity index is 255. The van der Waals surface area contributed by atoms with Gasteiger partial charge in [0.25, 0.3) is 0 Å². The molecular weight excluding hydrogens is 158 g/mol. The van der Waals surface area contributed by atoms with Crippen molar-refractivity contribution in [1.82, 2.24) is 0 Å². The Hall–Kier alpha value is -0.960. The molecule has 2 N–H and O–H groups in total. The van der Waals surface area contributed by atoms with Gasteiger partial charge in [0.1, 0.15) is 0 Å². The maximum atomic E-state index is 11.0. The van der Waals surface area contributed by atoms with Crippen molar-refractivity contribution in [2.24, 2.45) is 0 Å². The van der Waals surface area contributed by atoms with Gasteiger partial charge in [0.15, 0.2) is 5.78 Å². The van der Waals surface area contributed by atoms with Crippen molar-refractivity contribution in [2.45, 2.75) is 0 Å². The lowest BCUT2D eigenvalue weighted by Crippen LogP contribution is -1.99. The highest BCUT2D eigenvalue weighted by Crippen LogP contribution is 2.06. The van der Waals surface area contributed by atoms with Crippen LogP contribution in [0.1, 0.15) is 10.4 Å². The van der Waals surface area contributed by atoms with E-state index in [1.54, 1.807) is 24.3 Å². The van der Waals surface area contributed by atoms with E-state index in [9.17, 15) is 4.79 Å². The number of nitrogen functional groups attached to an aromatic ring is 1. The van der Waals surface area contributed by atoms with E-state index in [-0.39, 0.29) is 11.5 Å². The molecule has 58 valence electrons. The third-order valence-corrected chi connectivity index (χ3v) is 1.66. The van der Waals surface area contributed by atoms with Gasteiger partial charge >= 0.3 is 0 Å². The van der Waals surface area contributed by atoms with Crippen molar-refractivity contribution in [3.8, 4) is 0 Å². The number of nitrogens with two attached hydrogens (primary N) is 1. The highest BCUT2D eigenvalue weighted by atomic mass is 32.1. The van der Waals surface area contributed by atoms with Crippen LogP contribution in [0.5, 0.6) is 0 Å². The number of rotatable bonds is 2. The summed E-state index contributed by atoms with van der Waals surface area (Å²) in [5.41, 5.74) is 6.77. The quantitative estimate of drug-likeness (QED) is 0.397. The molecule has 0 amide bonds. The number of benzene rings is 1. The molecular formula is C8H9NOS. The van der Waals surface area contributed by atoms with Gasteiger partial charge in [0, 0.05) is 11.3 Å². The number of Topliss-reactive ketones (excluding diaryl/α,β-unsaturated/α-hetero) is 1. The number of carbonyl (C=O) groups is 1. The van der Waals surface area contributed by atoms with E-state index >= 15 is 0 Å². The first-order valence-corrected chi connectivity index (χ1v) is 3.87. The Kier molecular flexibility index (Phi) is 2.54. The maximum Gasteiger partial charge on any atom is 0.172 e. The van der Waals surface area contributed by atoms with Crippen molar-refractivity contribution in [2.75, 3.05) is 11.5 Å². The first-order chi connectivity index (χ1) is 5.24. The fraction of sp³-hybridized carbons (Fsp3) is 0.125. The number of ketones is 1. The summed E-state index contributed by atoms with van der Waals surface area (Å²) in [5.74, 6) is 0.262. The van der Waals surface area contributed by atoms with Gasteiger partial charge in [-0.3, -0.25) is 4.79 Å². The van der Waals surface area contributed by atoms with Crippen LogP contribution in [0.15, 0.2) is 24.3 Å². The van der Waals surface area contributed by atoms with E-state index in [0.717, 1.165) is 0 Å². The average molecular weight is 167 g/mol. The molecule has 1 rings (SSSR count). The molecule has 1 aromatic rings. The van der Waals surface area contributed by atoms with E-state index in [4.69, 9.17) is 5.73 Å². The van der Waals surface area contributed by atoms with Crippen LogP contribution in [-0.4, -0.2) is 11.5 Å². The van der Waals surface area contributed by atoms with Gasteiger partial charge in [0.05, 0.1) is 5.75 Å². The summed E-state index contributed by atoms with van der Waals surface area (Å²) >= 11 is 3.87. The predicted octanol–water partition coefficient (Wildman–Crippen LogP) is 1.38. The van der Waals surface area contributed by atoms with Gasteiger partial charge in [-0.2, -0.15) is 12.6 Å². The summed E-state index contributed by atoms with van der Waals surface area (Å²) in [4.78, 5) is 11.0. The molecule has 0 atom stereocenters. The molecule has 3 heteroatoms. The molecule has 0 saturated carbocycles. The molecule has 0 radical (unpaired) electrons. The van der Waals surface area contributed by atoms with E-state index in [1.165, 1.54) is 0 Å². The normalized spacial score (nSPS) is 9.55. The van der Waals surface area contributed by atoms with Gasteiger partial charge < -0.3 is 5.73 Å². The van der Waals surface area contributed by atoms with Crippen LogP contribution in [0.3, 0.4) is 0 Å². The average Bonchev–Trinajstić information content (AvgIpc) is 2.05. The lowest BCUT2D eigenvalue weighted by Gasteiger charge is -1.96. The summed E-state index contributed by atoms with van der Waals surface area (Å²) in [6.07, 6.45) is 0. The minimum absolute atomic E-state index is 0.0216. The summed E-state index contributed by atoms with van der Waals surface area (Å²) in [6.45, 7) is 0. The van der Waals surface area contributed by atoms with Crippen molar-refractivity contribution in [3.63, 3.8) is 0 Å². The third-order valence-electron chi connectivity index (χ3n) is 1.38.